The molecule has 3 rings (SSSR count). The minimum absolute atomic E-state index is 0.644. The number of aryl methyl sites for hydroxylation is 1. The fourth-order valence-electron chi connectivity index (χ4n) is 3.24. The first-order valence-corrected chi connectivity index (χ1v) is 8.92. The highest BCUT2D eigenvalue weighted by Gasteiger charge is 2.21. The van der Waals surface area contributed by atoms with Crippen LogP contribution < -0.4 is 10.2 Å². The van der Waals surface area contributed by atoms with Crippen LogP contribution in [0.2, 0.25) is 0 Å². The van der Waals surface area contributed by atoms with Crippen LogP contribution in [0, 0.1) is 0 Å². The van der Waals surface area contributed by atoms with Gasteiger partial charge in [0.25, 0.3) is 0 Å². The van der Waals surface area contributed by atoms with Gasteiger partial charge in [-0.3, -0.25) is 4.90 Å². The van der Waals surface area contributed by atoms with Gasteiger partial charge in [-0.2, -0.15) is 0 Å². The number of rotatable bonds is 5. The van der Waals surface area contributed by atoms with E-state index in [1.165, 1.54) is 24.8 Å². The van der Waals surface area contributed by atoms with E-state index in [1.807, 2.05) is 0 Å². The summed E-state index contributed by atoms with van der Waals surface area (Å²) in [5.74, 6) is 2.23. The van der Waals surface area contributed by atoms with Crippen molar-refractivity contribution in [2.75, 3.05) is 36.4 Å². The van der Waals surface area contributed by atoms with E-state index >= 15 is 0 Å². The molecule has 2 aliphatic rings. The molecule has 22 heavy (non-hydrogen) atoms. The Labute approximate surface area is 134 Å². The van der Waals surface area contributed by atoms with E-state index < -0.39 is 0 Å². The Kier molecular flexibility index (Phi) is 4.87. The van der Waals surface area contributed by atoms with E-state index in [2.05, 4.69) is 48.0 Å². The van der Waals surface area contributed by atoms with Crippen LogP contribution in [0.5, 0.6) is 0 Å². The van der Waals surface area contributed by atoms with Crippen molar-refractivity contribution in [3.8, 4) is 0 Å². The summed E-state index contributed by atoms with van der Waals surface area (Å²) in [4.78, 5) is 9.89. The van der Waals surface area contributed by atoms with Gasteiger partial charge in [0.05, 0.1) is 0 Å². The summed E-state index contributed by atoms with van der Waals surface area (Å²) in [7, 11) is 0. The molecule has 4 nitrogen and oxygen atoms in total. The average Bonchev–Trinajstić information content (AvgIpc) is 2.50. The molecule has 0 unspecified atom stereocenters. The molecule has 1 aliphatic carbocycles. The third kappa shape index (κ3) is 3.54. The van der Waals surface area contributed by atoms with Crippen molar-refractivity contribution in [2.45, 2.75) is 58.5 Å². The molecule has 0 atom stereocenters. The van der Waals surface area contributed by atoms with Crippen molar-refractivity contribution >= 4 is 11.6 Å². The maximum atomic E-state index is 4.89. The molecular formula is C18H30N4. The van der Waals surface area contributed by atoms with E-state index in [-0.39, 0.29) is 0 Å². The first kappa shape index (κ1) is 15.6. The topological polar surface area (TPSA) is 31.4 Å². The van der Waals surface area contributed by atoms with Crippen molar-refractivity contribution < 1.29 is 0 Å². The number of hydrogen-bond acceptors (Lipinski definition) is 4. The highest BCUT2D eigenvalue weighted by molar-refractivity contribution is 5.51. The normalized spacial score (nSPS) is 20.3. The predicted octanol–water partition coefficient (Wildman–Crippen LogP) is 3.14. The average molecular weight is 302 g/mol. The van der Waals surface area contributed by atoms with Crippen molar-refractivity contribution in [3.05, 3.63) is 17.7 Å². The molecule has 0 amide bonds. The number of hydrogen-bond donors (Lipinski definition) is 1. The van der Waals surface area contributed by atoms with E-state index in [9.17, 15) is 0 Å². The van der Waals surface area contributed by atoms with Gasteiger partial charge in [-0.1, -0.05) is 6.92 Å². The highest BCUT2D eigenvalue weighted by Crippen LogP contribution is 2.25. The molecule has 122 valence electrons. The molecule has 0 radical (unpaired) electrons. The fourth-order valence-corrected chi connectivity index (χ4v) is 3.24. The summed E-state index contributed by atoms with van der Waals surface area (Å²) < 4.78 is 0. The molecule has 1 saturated heterocycles. The first-order valence-electron chi connectivity index (χ1n) is 8.92. The molecule has 0 bridgehead atoms. The summed E-state index contributed by atoms with van der Waals surface area (Å²) >= 11 is 0. The Bertz CT molecular complexity index is 488. The van der Waals surface area contributed by atoms with Crippen molar-refractivity contribution in [1.82, 2.24) is 9.88 Å². The van der Waals surface area contributed by atoms with Crippen LogP contribution in [0.1, 0.15) is 45.6 Å². The van der Waals surface area contributed by atoms with Crippen molar-refractivity contribution in [3.63, 3.8) is 0 Å². The molecule has 2 fully saturated rings. The molecule has 1 saturated carbocycles. The van der Waals surface area contributed by atoms with E-state index in [4.69, 9.17) is 4.98 Å². The summed E-state index contributed by atoms with van der Waals surface area (Å²) in [5.41, 5.74) is 1.39. The second-order valence-corrected chi connectivity index (χ2v) is 6.96. The standard InChI is InChI=1S/C18H30N4/c1-4-15-12-17(19-16-6-5-7-16)20-18(13-15)22-10-8-21(9-11-22)14(2)3/h12-14,16H,4-11H2,1-3H3,(H,19,20). The Morgan fingerprint density at radius 3 is 2.45 bits per heavy atom. The van der Waals surface area contributed by atoms with Gasteiger partial charge in [-0.15, -0.1) is 0 Å². The number of piperazine rings is 1. The maximum Gasteiger partial charge on any atom is 0.131 e. The fraction of sp³-hybridized carbons (Fsp3) is 0.722. The minimum atomic E-state index is 0.644. The van der Waals surface area contributed by atoms with Gasteiger partial charge in [0.15, 0.2) is 0 Å². The zero-order valence-electron chi connectivity index (χ0n) is 14.3. The van der Waals surface area contributed by atoms with Gasteiger partial charge in [-0.25, -0.2) is 4.98 Å². The van der Waals surface area contributed by atoms with E-state index in [0.29, 0.717) is 12.1 Å². The molecular weight excluding hydrogens is 272 g/mol. The summed E-state index contributed by atoms with van der Waals surface area (Å²) in [6.07, 6.45) is 5.01. The third-order valence-corrected chi connectivity index (χ3v) is 5.11. The van der Waals surface area contributed by atoms with Crippen LogP contribution in [-0.2, 0) is 6.42 Å². The largest absolute Gasteiger partial charge is 0.367 e. The highest BCUT2D eigenvalue weighted by atomic mass is 15.3. The van der Waals surface area contributed by atoms with Gasteiger partial charge in [-0.05, 0) is 57.2 Å². The van der Waals surface area contributed by atoms with Crippen LogP contribution in [0.4, 0.5) is 11.6 Å². The van der Waals surface area contributed by atoms with Gasteiger partial charge in [0, 0.05) is 38.3 Å². The second-order valence-electron chi connectivity index (χ2n) is 6.96. The molecule has 1 aromatic rings. The first-order chi connectivity index (χ1) is 10.7. The summed E-state index contributed by atoms with van der Waals surface area (Å²) in [6, 6.07) is 5.79. The Morgan fingerprint density at radius 1 is 1.18 bits per heavy atom. The van der Waals surface area contributed by atoms with Gasteiger partial charge >= 0.3 is 0 Å². The maximum absolute atomic E-state index is 4.89. The van der Waals surface area contributed by atoms with Crippen LogP contribution >= 0.6 is 0 Å². The number of nitrogens with one attached hydrogen (secondary N) is 1. The van der Waals surface area contributed by atoms with Crippen LogP contribution in [0.15, 0.2) is 12.1 Å². The number of aromatic nitrogens is 1. The molecule has 4 heteroatoms. The molecule has 1 N–H and O–H groups in total. The monoisotopic (exact) mass is 302 g/mol. The minimum Gasteiger partial charge on any atom is -0.367 e. The second kappa shape index (κ2) is 6.86. The van der Waals surface area contributed by atoms with E-state index in [0.717, 1.165) is 44.2 Å². The predicted molar refractivity (Wildman–Crippen MR) is 93.8 cm³/mol. The lowest BCUT2D eigenvalue weighted by atomic mass is 9.93. The summed E-state index contributed by atoms with van der Waals surface area (Å²) in [6.45, 7) is 11.2. The Morgan fingerprint density at radius 2 is 1.91 bits per heavy atom. The number of nitrogens with zero attached hydrogens (tertiary/aromatic N) is 3. The Balaban J connectivity index is 1.70. The molecule has 0 aromatic carbocycles. The number of pyridine rings is 1. The van der Waals surface area contributed by atoms with Crippen molar-refractivity contribution in [2.24, 2.45) is 0 Å². The Hall–Kier alpha value is -1.29. The molecule has 1 aliphatic heterocycles. The zero-order chi connectivity index (χ0) is 15.5. The van der Waals surface area contributed by atoms with Crippen LogP contribution in [0.3, 0.4) is 0 Å². The smallest absolute Gasteiger partial charge is 0.131 e. The van der Waals surface area contributed by atoms with Gasteiger partial charge < -0.3 is 10.2 Å². The number of anilines is 2. The lowest BCUT2D eigenvalue weighted by Crippen LogP contribution is -2.49. The SMILES string of the molecule is CCc1cc(NC2CCC2)nc(N2CCN(C(C)C)CC2)c1. The van der Waals surface area contributed by atoms with E-state index in [1.54, 1.807) is 0 Å². The zero-order valence-corrected chi connectivity index (χ0v) is 14.3. The van der Waals surface area contributed by atoms with Gasteiger partial charge in [0.2, 0.25) is 0 Å². The third-order valence-electron chi connectivity index (χ3n) is 5.11. The quantitative estimate of drug-likeness (QED) is 0.905. The van der Waals surface area contributed by atoms with Gasteiger partial charge in [0.1, 0.15) is 11.6 Å². The molecule has 0 spiro atoms. The molecule has 1 aromatic heterocycles. The molecule has 2 heterocycles. The van der Waals surface area contributed by atoms with Crippen molar-refractivity contribution in [1.29, 1.82) is 0 Å². The van der Waals surface area contributed by atoms with Crippen LogP contribution in [-0.4, -0.2) is 48.1 Å². The summed E-state index contributed by atoms with van der Waals surface area (Å²) in [5, 5.41) is 3.61. The lowest BCUT2D eigenvalue weighted by molar-refractivity contribution is 0.209. The lowest BCUT2D eigenvalue weighted by Gasteiger charge is -2.38. The van der Waals surface area contributed by atoms with Crippen LogP contribution in [0.25, 0.3) is 0 Å².